The first-order chi connectivity index (χ1) is 8.20. The Morgan fingerprint density at radius 3 is 3.00 bits per heavy atom. The molecule has 0 radical (unpaired) electrons. The molecule has 2 N–H and O–H groups in total. The molecule has 0 spiro atoms. The van der Waals surface area contributed by atoms with Crippen LogP contribution in [-0.4, -0.2) is 22.1 Å². The molecule has 1 atom stereocenters. The lowest BCUT2D eigenvalue weighted by Crippen LogP contribution is -2.28. The van der Waals surface area contributed by atoms with Crippen molar-refractivity contribution in [2.45, 2.75) is 12.5 Å². The maximum absolute atomic E-state index is 10.9. The first kappa shape index (κ1) is 11.2. The second kappa shape index (κ2) is 4.69. The summed E-state index contributed by atoms with van der Waals surface area (Å²) in [6.07, 6.45) is 1.84. The SMILES string of the molecule is C=CCC(Nc1nc2ccccc2o1)C(=O)O. The zero-order valence-electron chi connectivity index (χ0n) is 9.09. The van der Waals surface area contributed by atoms with Crippen LogP contribution in [0.15, 0.2) is 41.3 Å². The van der Waals surface area contributed by atoms with Crippen molar-refractivity contribution in [3.63, 3.8) is 0 Å². The first-order valence-corrected chi connectivity index (χ1v) is 5.16. The van der Waals surface area contributed by atoms with E-state index in [1.165, 1.54) is 6.08 Å². The number of carbonyl (C=O) groups is 1. The standard InChI is InChI=1S/C12H12N2O3/c1-2-5-9(11(15)16)14-12-13-8-6-3-4-7-10(8)17-12/h2-4,6-7,9H,1,5H2,(H,13,14)(H,15,16). The predicted molar refractivity (Wildman–Crippen MR) is 63.9 cm³/mol. The van der Waals surface area contributed by atoms with E-state index in [0.717, 1.165) is 0 Å². The second-order valence-electron chi connectivity index (χ2n) is 3.55. The van der Waals surface area contributed by atoms with Crippen molar-refractivity contribution >= 4 is 23.1 Å². The number of hydrogen-bond donors (Lipinski definition) is 2. The van der Waals surface area contributed by atoms with Crippen LogP contribution >= 0.6 is 0 Å². The summed E-state index contributed by atoms with van der Waals surface area (Å²) in [5.74, 6) is -0.966. The number of carboxylic acid groups (broad SMARTS) is 1. The minimum Gasteiger partial charge on any atom is -0.480 e. The number of rotatable bonds is 5. The van der Waals surface area contributed by atoms with Crippen LogP contribution in [0.5, 0.6) is 0 Å². The molecule has 5 heteroatoms. The van der Waals surface area contributed by atoms with E-state index in [0.29, 0.717) is 17.5 Å². The van der Waals surface area contributed by atoms with Crippen molar-refractivity contribution in [1.29, 1.82) is 0 Å². The molecule has 1 aromatic heterocycles. The molecule has 0 fully saturated rings. The smallest absolute Gasteiger partial charge is 0.326 e. The molecule has 2 aromatic rings. The van der Waals surface area contributed by atoms with E-state index < -0.39 is 12.0 Å². The van der Waals surface area contributed by atoms with Gasteiger partial charge in [-0.3, -0.25) is 0 Å². The molecule has 88 valence electrons. The number of nitrogens with zero attached hydrogens (tertiary/aromatic N) is 1. The number of oxazole rings is 1. The zero-order chi connectivity index (χ0) is 12.3. The molecule has 17 heavy (non-hydrogen) atoms. The summed E-state index contributed by atoms with van der Waals surface area (Å²) in [7, 11) is 0. The first-order valence-electron chi connectivity index (χ1n) is 5.16. The summed E-state index contributed by atoms with van der Waals surface area (Å²) in [6.45, 7) is 3.51. The maximum Gasteiger partial charge on any atom is 0.326 e. The number of aromatic nitrogens is 1. The van der Waals surface area contributed by atoms with Crippen LogP contribution in [0.25, 0.3) is 11.1 Å². The second-order valence-corrected chi connectivity index (χ2v) is 3.55. The van der Waals surface area contributed by atoms with Crippen LogP contribution in [0.2, 0.25) is 0 Å². The Kier molecular flexibility index (Phi) is 3.09. The van der Waals surface area contributed by atoms with Gasteiger partial charge in [0.25, 0.3) is 6.01 Å². The van der Waals surface area contributed by atoms with Crippen LogP contribution in [0.3, 0.4) is 0 Å². The summed E-state index contributed by atoms with van der Waals surface area (Å²) in [5.41, 5.74) is 1.32. The monoisotopic (exact) mass is 232 g/mol. The van der Waals surface area contributed by atoms with E-state index >= 15 is 0 Å². The fourth-order valence-electron chi connectivity index (χ4n) is 1.47. The molecule has 1 unspecified atom stereocenters. The van der Waals surface area contributed by atoms with Gasteiger partial charge >= 0.3 is 5.97 Å². The van der Waals surface area contributed by atoms with E-state index in [4.69, 9.17) is 9.52 Å². The van der Waals surface area contributed by atoms with Gasteiger partial charge in [0.15, 0.2) is 5.58 Å². The number of carboxylic acids is 1. The van der Waals surface area contributed by atoms with Crippen LogP contribution in [-0.2, 0) is 4.79 Å². The lowest BCUT2D eigenvalue weighted by Gasteiger charge is -2.09. The van der Waals surface area contributed by atoms with Gasteiger partial charge in [0.2, 0.25) is 0 Å². The van der Waals surface area contributed by atoms with Crippen LogP contribution in [0.4, 0.5) is 6.01 Å². The van der Waals surface area contributed by atoms with E-state index in [2.05, 4.69) is 16.9 Å². The van der Waals surface area contributed by atoms with Gasteiger partial charge in [-0.25, -0.2) is 4.79 Å². The molecule has 1 heterocycles. The Morgan fingerprint density at radius 2 is 2.35 bits per heavy atom. The van der Waals surface area contributed by atoms with Gasteiger partial charge in [-0.05, 0) is 18.6 Å². The Morgan fingerprint density at radius 1 is 1.59 bits per heavy atom. The lowest BCUT2D eigenvalue weighted by molar-refractivity contribution is -0.137. The largest absolute Gasteiger partial charge is 0.480 e. The van der Waals surface area contributed by atoms with E-state index in [-0.39, 0.29) is 6.01 Å². The molecule has 0 saturated carbocycles. The Balaban J connectivity index is 2.21. The third-order valence-corrected chi connectivity index (χ3v) is 2.29. The highest BCUT2D eigenvalue weighted by atomic mass is 16.4. The predicted octanol–water partition coefficient (Wildman–Crippen LogP) is 2.27. The van der Waals surface area contributed by atoms with Gasteiger partial charge < -0.3 is 14.8 Å². The summed E-state index contributed by atoms with van der Waals surface area (Å²) in [4.78, 5) is 15.1. The third-order valence-electron chi connectivity index (χ3n) is 2.29. The normalized spacial score (nSPS) is 12.2. The van der Waals surface area contributed by atoms with Crippen molar-refractivity contribution in [3.8, 4) is 0 Å². The quantitative estimate of drug-likeness (QED) is 0.773. The number of para-hydroxylation sites is 2. The molecular formula is C12H12N2O3. The van der Waals surface area contributed by atoms with Crippen LogP contribution in [0.1, 0.15) is 6.42 Å². The Bertz CT molecular complexity index is 514. The average Bonchev–Trinajstić information content (AvgIpc) is 2.70. The average molecular weight is 232 g/mol. The zero-order valence-corrected chi connectivity index (χ0v) is 9.09. The van der Waals surface area contributed by atoms with Gasteiger partial charge in [0.1, 0.15) is 11.6 Å². The summed E-state index contributed by atoms with van der Waals surface area (Å²) >= 11 is 0. The summed E-state index contributed by atoms with van der Waals surface area (Å²) < 4.78 is 5.38. The van der Waals surface area contributed by atoms with Crippen LogP contribution in [0, 0.1) is 0 Å². The highest BCUT2D eigenvalue weighted by Gasteiger charge is 2.17. The molecular weight excluding hydrogens is 220 g/mol. The fraction of sp³-hybridized carbons (Fsp3) is 0.167. The van der Waals surface area contributed by atoms with Crippen LogP contribution < -0.4 is 5.32 Å². The third kappa shape index (κ3) is 2.44. The van der Waals surface area contributed by atoms with Gasteiger partial charge in [-0.1, -0.05) is 18.2 Å². The Hall–Kier alpha value is -2.30. The number of anilines is 1. The number of benzene rings is 1. The van der Waals surface area contributed by atoms with Crippen molar-refractivity contribution in [1.82, 2.24) is 4.98 Å². The van der Waals surface area contributed by atoms with Gasteiger partial charge in [-0.15, -0.1) is 6.58 Å². The van der Waals surface area contributed by atoms with Gasteiger partial charge in [-0.2, -0.15) is 4.98 Å². The Labute approximate surface area is 97.8 Å². The molecule has 0 aliphatic rings. The number of nitrogens with one attached hydrogen (secondary N) is 1. The molecule has 0 aliphatic carbocycles. The van der Waals surface area contributed by atoms with Crippen molar-refractivity contribution in [2.24, 2.45) is 0 Å². The molecule has 0 bridgehead atoms. The minimum absolute atomic E-state index is 0.209. The van der Waals surface area contributed by atoms with Gasteiger partial charge in [0, 0.05) is 0 Å². The van der Waals surface area contributed by atoms with Gasteiger partial charge in [0.05, 0.1) is 0 Å². The van der Waals surface area contributed by atoms with E-state index in [1.807, 2.05) is 12.1 Å². The number of fused-ring (bicyclic) bond motifs is 1. The van der Waals surface area contributed by atoms with E-state index in [1.54, 1.807) is 12.1 Å². The molecule has 0 saturated heterocycles. The minimum atomic E-state index is -0.966. The molecule has 0 amide bonds. The lowest BCUT2D eigenvalue weighted by atomic mass is 10.2. The van der Waals surface area contributed by atoms with E-state index in [9.17, 15) is 4.79 Å². The fourth-order valence-corrected chi connectivity index (χ4v) is 1.47. The highest BCUT2D eigenvalue weighted by molar-refractivity contribution is 5.78. The highest BCUT2D eigenvalue weighted by Crippen LogP contribution is 2.19. The molecule has 2 rings (SSSR count). The number of aliphatic carboxylic acids is 1. The molecule has 0 aliphatic heterocycles. The topological polar surface area (TPSA) is 75.4 Å². The molecule has 5 nitrogen and oxygen atoms in total. The van der Waals surface area contributed by atoms with Crippen molar-refractivity contribution in [2.75, 3.05) is 5.32 Å². The van der Waals surface area contributed by atoms with Crippen molar-refractivity contribution < 1.29 is 14.3 Å². The summed E-state index contributed by atoms with van der Waals surface area (Å²) in [5, 5.41) is 11.7. The maximum atomic E-state index is 10.9. The van der Waals surface area contributed by atoms with Crippen molar-refractivity contribution in [3.05, 3.63) is 36.9 Å². The number of hydrogen-bond acceptors (Lipinski definition) is 4. The molecule has 1 aromatic carbocycles. The summed E-state index contributed by atoms with van der Waals surface area (Å²) in [6, 6.07) is 6.67.